The average Bonchev–Trinajstić information content (AvgIpc) is 2.83. The Labute approximate surface area is 115 Å². The smallest absolute Gasteiger partial charge is 0.307 e. The minimum absolute atomic E-state index is 0.277. The van der Waals surface area contributed by atoms with Crippen molar-refractivity contribution in [1.29, 1.82) is 0 Å². The van der Waals surface area contributed by atoms with Crippen LogP contribution >= 0.6 is 11.3 Å². The summed E-state index contributed by atoms with van der Waals surface area (Å²) in [6.45, 7) is 2.37. The highest BCUT2D eigenvalue weighted by molar-refractivity contribution is 7.10. The first-order chi connectivity index (χ1) is 8.94. The lowest BCUT2D eigenvalue weighted by atomic mass is 10.0. The molecule has 0 amide bonds. The highest BCUT2D eigenvalue weighted by atomic mass is 32.1. The third-order valence-corrected chi connectivity index (χ3v) is 4.50. The number of piperidine rings is 1. The molecule has 1 aliphatic rings. The molecular formula is C13H19F3N2S. The third kappa shape index (κ3) is 4.78. The molecule has 1 N–H and O–H groups in total. The van der Waals surface area contributed by atoms with Crippen LogP contribution in [0.15, 0.2) is 17.5 Å². The minimum Gasteiger partial charge on any atom is -0.307 e. The standard InChI is InChI=1S/C13H19F3N2S/c1-10(12-3-2-8-19-12)17-11-4-6-18(7-5-11)9-13(14,15)16/h2-3,8,10-11,17H,4-7,9H2,1H3/t10-/m0/s1. The molecule has 0 saturated carbocycles. The van der Waals surface area contributed by atoms with Crippen molar-refractivity contribution in [1.82, 2.24) is 10.2 Å². The predicted molar refractivity (Wildman–Crippen MR) is 71.4 cm³/mol. The molecule has 2 rings (SSSR count). The van der Waals surface area contributed by atoms with Crippen LogP contribution in [-0.2, 0) is 0 Å². The van der Waals surface area contributed by atoms with E-state index >= 15 is 0 Å². The lowest BCUT2D eigenvalue weighted by Crippen LogP contribution is -2.46. The van der Waals surface area contributed by atoms with Gasteiger partial charge in [0.1, 0.15) is 0 Å². The van der Waals surface area contributed by atoms with Crippen molar-refractivity contribution in [2.24, 2.45) is 0 Å². The summed E-state index contributed by atoms with van der Waals surface area (Å²) in [5.74, 6) is 0. The van der Waals surface area contributed by atoms with Crippen molar-refractivity contribution in [2.45, 2.75) is 38.0 Å². The van der Waals surface area contributed by atoms with Crippen LogP contribution in [0, 0.1) is 0 Å². The van der Waals surface area contributed by atoms with Crippen molar-refractivity contribution in [2.75, 3.05) is 19.6 Å². The topological polar surface area (TPSA) is 15.3 Å². The van der Waals surface area contributed by atoms with E-state index in [0.29, 0.717) is 19.1 Å². The number of thiophene rings is 1. The molecule has 0 aliphatic carbocycles. The maximum absolute atomic E-state index is 12.3. The summed E-state index contributed by atoms with van der Waals surface area (Å²) in [5, 5.41) is 5.55. The molecule has 0 spiro atoms. The Morgan fingerprint density at radius 2 is 2.11 bits per heavy atom. The Kier molecular flexibility index (Phi) is 4.86. The molecule has 6 heteroatoms. The van der Waals surface area contributed by atoms with Crippen LogP contribution in [0.25, 0.3) is 0 Å². The normalized spacial score (nSPS) is 20.6. The van der Waals surface area contributed by atoms with E-state index < -0.39 is 12.7 Å². The Morgan fingerprint density at radius 1 is 1.42 bits per heavy atom. The molecule has 1 aromatic heterocycles. The van der Waals surface area contributed by atoms with Gasteiger partial charge in [0.25, 0.3) is 0 Å². The van der Waals surface area contributed by atoms with E-state index in [9.17, 15) is 13.2 Å². The second-order valence-corrected chi connectivity index (χ2v) is 6.05. The van der Waals surface area contributed by atoms with Gasteiger partial charge in [-0.25, -0.2) is 0 Å². The van der Waals surface area contributed by atoms with Crippen LogP contribution in [0.3, 0.4) is 0 Å². The summed E-state index contributed by atoms with van der Waals surface area (Å²) in [6, 6.07) is 4.70. The molecule has 0 bridgehead atoms. The second-order valence-electron chi connectivity index (χ2n) is 5.07. The zero-order valence-corrected chi connectivity index (χ0v) is 11.7. The Hall–Kier alpha value is -0.590. The first-order valence-corrected chi connectivity index (χ1v) is 7.40. The molecule has 1 aliphatic heterocycles. The highest BCUT2D eigenvalue weighted by Gasteiger charge is 2.32. The van der Waals surface area contributed by atoms with Crippen molar-refractivity contribution >= 4 is 11.3 Å². The third-order valence-electron chi connectivity index (χ3n) is 3.45. The van der Waals surface area contributed by atoms with Gasteiger partial charge in [-0.05, 0) is 44.3 Å². The number of rotatable bonds is 4. The number of alkyl halides is 3. The predicted octanol–water partition coefficient (Wildman–Crippen LogP) is 3.43. The fourth-order valence-electron chi connectivity index (χ4n) is 2.48. The molecule has 0 radical (unpaired) electrons. The molecule has 19 heavy (non-hydrogen) atoms. The average molecular weight is 292 g/mol. The second kappa shape index (κ2) is 6.24. The number of halogens is 3. The zero-order valence-electron chi connectivity index (χ0n) is 10.9. The van der Waals surface area contributed by atoms with Gasteiger partial charge in [0.05, 0.1) is 6.54 Å². The van der Waals surface area contributed by atoms with E-state index in [4.69, 9.17) is 0 Å². The Morgan fingerprint density at radius 3 is 2.63 bits per heavy atom. The van der Waals surface area contributed by atoms with Gasteiger partial charge in [0.2, 0.25) is 0 Å². The lowest BCUT2D eigenvalue weighted by molar-refractivity contribution is -0.148. The van der Waals surface area contributed by atoms with E-state index in [-0.39, 0.29) is 6.04 Å². The van der Waals surface area contributed by atoms with Gasteiger partial charge < -0.3 is 5.32 Å². The molecule has 1 saturated heterocycles. The number of likely N-dealkylation sites (tertiary alicyclic amines) is 1. The van der Waals surface area contributed by atoms with E-state index in [1.165, 1.54) is 9.78 Å². The van der Waals surface area contributed by atoms with E-state index in [1.54, 1.807) is 11.3 Å². The number of nitrogens with one attached hydrogen (secondary N) is 1. The highest BCUT2D eigenvalue weighted by Crippen LogP contribution is 2.23. The van der Waals surface area contributed by atoms with E-state index in [0.717, 1.165) is 12.8 Å². The fourth-order valence-corrected chi connectivity index (χ4v) is 3.23. The van der Waals surface area contributed by atoms with Crippen LogP contribution in [0.5, 0.6) is 0 Å². The molecule has 1 fully saturated rings. The SMILES string of the molecule is C[C@H](NC1CCN(CC(F)(F)F)CC1)c1cccs1. The fraction of sp³-hybridized carbons (Fsp3) is 0.692. The van der Waals surface area contributed by atoms with Crippen LogP contribution in [-0.4, -0.2) is 36.8 Å². The number of hydrogen-bond donors (Lipinski definition) is 1. The van der Waals surface area contributed by atoms with Crippen LogP contribution in [0.2, 0.25) is 0 Å². The number of nitrogens with zero attached hydrogens (tertiary/aromatic N) is 1. The van der Waals surface area contributed by atoms with Crippen LogP contribution in [0.4, 0.5) is 13.2 Å². The van der Waals surface area contributed by atoms with Crippen molar-refractivity contribution in [3.05, 3.63) is 22.4 Å². The van der Waals surface area contributed by atoms with Gasteiger partial charge in [0.15, 0.2) is 0 Å². The maximum atomic E-state index is 12.3. The molecule has 0 unspecified atom stereocenters. The summed E-state index contributed by atoms with van der Waals surface area (Å²) in [5.41, 5.74) is 0. The molecule has 2 nitrogen and oxygen atoms in total. The molecule has 0 aromatic carbocycles. The zero-order chi connectivity index (χ0) is 13.9. The quantitative estimate of drug-likeness (QED) is 0.914. The summed E-state index contributed by atoms with van der Waals surface area (Å²) < 4.78 is 36.8. The largest absolute Gasteiger partial charge is 0.401 e. The van der Waals surface area contributed by atoms with Gasteiger partial charge in [-0.1, -0.05) is 6.07 Å². The maximum Gasteiger partial charge on any atom is 0.401 e. The summed E-state index contributed by atoms with van der Waals surface area (Å²) in [4.78, 5) is 2.77. The molecule has 108 valence electrons. The van der Waals surface area contributed by atoms with Gasteiger partial charge in [-0.2, -0.15) is 13.2 Å². The lowest BCUT2D eigenvalue weighted by Gasteiger charge is -2.34. The summed E-state index contributed by atoms with van der Waals surface area (Å²) in [7, 11) is 0. The van der Waals surface area contributed by atoms with Crippen LogP contribution in [0.1, 0.15) is 30.7 Å². The molecule has 1 atom stereocenters. The first-order valence-electron chi connectivity index (χ1n) is 6.52. The van der Waals surface area contributed by atoms with Crippen molar-refractivity contribution in [3.8, 4) is 0 Å². The Balaban J connectivity index is 1.74. The first kappa shape index (κ1) is 14.8. The van der Waals surface area contributed by atoms with Gasteiger partial charge in [0, 0.05) is 17.0 Å². The van der Waals surface area contributed by atoms with Crippen LogP contribution < -0.4 is 5.32 Å². The van der Waals surface area contributed by atoms with Gasteiger partial charge >= 0.3 is 6.18 Å². The molecular weight excluding hydrogens is 273 g/mol. The number of hydrogen-bond acceptors (Lipinski definition) is 3. The monoisotopic (exact) mass is 292 g/mol. The van der Waals surface area contributed by atoms with Crippen molar-refractivity contribution < 1.29 is 13.2 Å². The van der Waals surface area contributed by atoms with E-state index in [2.05, 4.69) is 18.3 Å². The molecule has 1 aromatic rings. The minimum atomic E-state index is -4.08. The van der Waals surface area contributed by atoms with Gasteiger partial charge in [-0.15, -0.1) is 11.3 Å². The summed E-state index contributed by atoms with van der Waals surface area (Å²) >= 11 is 1.71. The van der Waals surface area contributed by atoms with Gasteiger partial charge in [-0.3, -0.25) is 4.90 Å². The Bertz CT molecular complexity index is 370. The van der Waals surface area contributed by atoms with Crippen molar-refractivity contribution in [3.63, 3.8) is 0 Å². The van der Waals surface area contributed by atoms with E-state index in [1.807, 2.05) is 11.4 Å². The molecule has 2 heterocycles. The summed E-state index contributed by atoms with van der Waals surface area (Å²) in [6.07, 6.45) is -2.51.